The molecule has 0 aromatic carbocycles. The van der Waals surface area contributed by atoms with Gasteiger partial charge in [-0.05, 0) is 11.5 Å². The Labute approximate surface area is 117 Å². The van der Waals surface area contributed by atoms with Gasteiger partial charge in [-0.15, -0.1) is 0 Å². The van der Waals surface area contributed by atoms with Crippen LogP contribution in [0.3, 0.4) is 0 Å². The van der Waals surface area contributed by atoms with E-state index in [1.165, 1.54) is 44.9 Å². The quantitative estimate of drug-likeness (QED) is 0.394. The van der Waals surface area contributed by atoms with E-state index in [1.807, 2.05) is 0 Å². The van der Waals surface area contributed by atoms with Gasteiger partial charge in [0, 0.05) is 6.61 Å². The summed E-state index contributed by atoms with van der Waals surface area (Å²) in [5.74, 6) is 0. The molecule has 0 fully saturated rings. The normalized spacial score (nSPS) is 12.7. The maximum absolute atomic E-state index is 5.68. The highest BCUT2D eigenvalue weighted by atomic mass is 28.2. The van der Waals surface area contributed by atoms with Crippen molar-refractivity contribution < 1.29 is 9.16 Å². The third kappa shape index (κ3) is 16.1. The first kappa shape index (κ1) is 18.1. The summed E-state index contributed by atoms with van der Waals surface area (Å²) < 4.78 is 11.3. The molecule has 0 rings (SSSR count). The number of ether oxygens (including phenoxy) is 1. The summed E-state index contributed by atoms with van der Waals surface area (Å²) in [5.41, 5.74) is 0. The van der Waals surface area contributed by atoms with Gasteiger partial charge in [-0.25, -0.2) is 0 Å². The summed E-state index contributed by atoms with van der Waals surface area (Å²) in [5, 5.41) is 0.401. The van der Waals surface area contributed by atoms with Gasteiger partial charge in [0.15, 0.2) is 9.76 Å². The van der Waals surface area contributed by atoms with Crippen LogP contribution in [0.4, 0.5) is 0 Å². The van der Waals surface area contributed by atoms with Crippen LogP contribution < -0.4 is 0 Å². The number of hydrogen-bond acceptors (Lipinski definition) is 2. The largest absolute Gasteiger partial charge is 0.421 e. The Bertz CT molecular complexity index is 166. The molecule has 0 aliphatic carbocycles. The highest BCUT2D eigenvalue weighted by Gasteiger charge is 2.10. The van der Waals surface area contributed by atoms with Crippen LogP contribution in [0.15, 0.2) is 0 Å². The second-order valence-electron chi connectivity index (χ2n) is 6.35. The molecule has 0 aromatic rings. The third-order valence-corrected chi connectivity index (χ3v) is 4.16. The van der Waals surface area contributed by atoms with E-state index in [4.69, 9.17) is 9.16 Å². The van der Waals surface area contributed by atoms with E-state index in [1.54, 1.807) is 0 Å². The van der Waals surface area contributed by atoms with Crippen LogP contribution in [0.5, 0.6) is 0 Å². The number of rotatable bonds is 12. The molecule has 0 aromatic heterocycles. The molecule has 0 aliphatic heterocycles. The fourth-order valence-corrected chi connectivity index (χ4v) is 2.63. The molecule has 0 aliphatic rings. The Morgan fingerprint density at radius 2 is 1.39 bits per heavy atom. The van der Waals surface area contributed by atoms with Crippen LogP contribution in [-0.2, 0) is 9.16 Å². The fraction of sp³-hybridized carbons (Fsp3) is 1.00. The number of unbranched alkanes of at least 4 members (excludes halogenated alkanes) is 6. The SMILES string of the molecule is CCCCCCCCCOCCO[SiH2]C(C)(C)C. The van der Waals surface area contributed by atoms with Crippen molar-refractivity contribution in [2.24, 2.45) is 0 Å². The van der Waals surface area contributed by atoms with Crippen LogP contribution >= 0.6 is 0 Å². The molecular weight excluding hydrogens is 240 g/mol. The van der Waals surface area contributed by atoms with Crippen molar-refractivity contribution in [2.75, 3.05) is 19.8 Å². The molecule has 18 heavy (non-hydrogen) atoms. The van der Waals surface area contributed by atoms with Crippen molar-refractivity contribution in [2.45, 2.75) is 77.7 Å². The molecule has 2 nitrogen and oxygen atoms in total. The lowest BCUT2D eigenvalue weighted by Crippen LogP contribution is -2.15. The molecule has 0 heterocycles. The topological polar surface area (TPSA) is 18.5 Å². The Hall–Kier alpha value is 0.137. The van der Waals surface area contributed by atoms with E-state index in [-0.39, 0.29) is 9.76 Å². The molecule has 0 N–H and O–H groups in total. The molecule has 0 bridgehead atoms. The fourth-order valence-electron chi connectivity index (χ4n) is 1.76. The maximum Gasteiger partial charge on any atom is 0.166 e. The van der Waals surface area contributed by atoms with E-state index >= 15 is 0 Å². The van der Waals surface area contributed by atoms with Crippen LogP contribution in [0.2, 0.25) is 5.04 Å². The van der Waals surface area contributed by atoms with E-state index in [2.05, 4.69) is 27.7 Å². The molecule has 0 spiro atoms. The zero-order chi connectivity index (χ0) is 13.7. The lowest BCUT2D eigenvalue weighted by molar-refractivity contribution is 0.0972. The Kier molecular flexibility index (Phi) is 12.3. The van der Waals surface area contributed by atoms with Crippen molar-refractivity contribution >= 4 is 9.76 Å². The van der Waals surface area contributed by atoms with Crippen molar-refractivity contribution in [3.05, 3.63) is 0 Å². The standard InChI is InChI=1S/C15H34O2Si/c1-5-6-7-8-9-10-11-12-16-13-14-17-18-15(2,3)4/h5-14,18H2,1-4H3. The molecule has 3 heteroatoms. The van der Waals surface area contributed by atoms with Gasteiger partial charge in [0.05, 0.1) is 13.2 Å². The molecule has 110 valence electrons. The summed E-state index contributed by atoms with van der Waals surface area (Å²) in [6.07, 6.45) is 9.43. The Balaban J connectivity index is 2.99. The average molecular weight is 275 g/mol. The van der Waals surface area contributed by atoms with Crippen molar-refractivity contribution in [3.8, 4) is 0 Å². The average Bonchev–Trinajstić information content (AvgIpc) is 2.29. The molecule has 0 unspecified atom stereocenters. The Morgan fingerprint density at radius 1 is 0.778 bits per heavy atom. The lowest BCUT2D eigenvalue weighted by Gasteiger charge is -2.16. The molecule has 0 amide bonds. The van der Waals surface area contributed by atoms with Gasteiger partial charge in [-0.3, -0.25) is 0 Å². The van der Waals surface area contributed by atoms with Crippen molar-refractivity contribution in [1.29, 1.82) is 0 Å². The first-order valence-electron chi connectivity index (χ1n) is 7.72. The summed E-state index contributed by atoms with van der Waals surface area (Å²) in [6.45, 7) is 11.5. The van der Waals surface area contributed by atoms with Crippen LogP contribution in [0.25, 0.3) is 0 Å². The predicted octanol–water partition coefficient (Wildman–Crippen LogP) is 4.07. The van der Waals surface area contributed by atoms with Crippen LogP contribution in [0.1, 0.15) is 72.6 Å². The van der Waals surface area contributed by atoms with E-state index in [0.717, 1.165) is 19.8 Å². The molecular formula is C15H34O2Si. The number of hydrogen-bond donors (Lipinski definition) is 0. The van der Waals surface area contributed by atoms with Gasteiger partial charge in [0.1, 0.15) is 0 Å². The van der Waals surface area contributed by atoms with Gasteiger partial charge in [-0.1, -0.05) is 66.2 Å². The minimum atomic E-state index is -0.386. The lowest BCUT2D eigenvalue weighted by atomic mass is 10.1. The highest BCUT2D eigenvalue weighted by molar-refractivity contribution is 6.31. The molecule has 0 atom stereocenters. The molecule has 0 saturated carbocycles. The van der Waals surface area contributed by atoms with E-state index in [0.29, 0.717) is 5.04 Å². The van der Waals surface area contributed by atoms with Crippen molar-refractivity contribution in [3.63, 3.8) is 0 Å². The van der Waals surface area contributed by atoms with Crippen LogP contribution in [0, 0.1) is 0 Å². The summed E-state index contributed by atoms with van der Waals surface area (Å²) >= 11 is 0. The van der Waals surface area contributed by atoms with Gasteiger partial charge in [0.25, 0.3) is 0 Å². The van der Waals surface area contributed by atoms with Gasteiger partial charge >= 0.3 is 0 Å². The first-order chi connectivity index (χ1) is 8.56. The predicted molar refractivity (Wildman–Crippen MR) is 83.0 cm³/mol. The minimum Gasteiger partial charge on any atom is -0.421 e. The molecule has 0 radical (unpaired) electrons. The monoisotopic (exact) mass is 274 g/mol. The van der Waals surface area contributed by atoms with E-state index in [9.17, 15) is 0 Å². The second-order valence-corrected chi connectivity index (χ2v) is 9.17. The van der Waals surface area contributed by atoms with Gasteiger partial charge in [-0.2, -0.15) is 0 Å². The van der Waals surface area contributed by atoms with Crippen LogP contribution in [-0.4, -0.2) is 29.6 Å². The summed E-state index contributed by atoms with van der Waals surface area (Å²) in [4.78, 5) is 0. The minimum absolute atomic E-state index is 0.386. The smallest absolute Gasteiger partial charge is 0.166 e. The highest BCUT2D eigenvalue weighted by Crippen LogP contribution is 2.19. The maximum atomic E-state index is 5.68. The summed E-state index contributed by atoms with van der Waals surface area (Å²) in [6, 6.07) is 0. The second kappa shape index (κ2) is 12.2. The van der Waals surface area contributed by atoms with Gasteiger partial charge < -0.3 is 9.16 Å². The van der Waals surface area contributed by atoms with Gasteiger partial charge in [0.2, 0.25) is 0 Å². The first-order valence-corrected chi connectivity index (χ1v) is 9.00. The summed E-state index contributed by atoms with van der Waals surface area (Å²) in [7, 11) is -0.386. The molecule has 0 saturated heterocycles. The zero-order valence-electron chi connectivity index (χ0n) is 13.1. The third-order valence-electron chi connectivity index (χ3n) is 2.80. The van der Waals surface area contributed by atoms with E-state index < -0.39 is 0 Å². The van der Waals surface area contributed by atoms with Crippen molar-refractivity contribution in [1.82, 2.24) is 0 Å². The zero-order valence-corrected chi connectivity index (χ0v) is 14.5. The Morgan fingerprint density at radius 3 is 2.00 bits per heavy atom.